The maximum absolute atomic E-state index is 13.6. The highest BCUT2D eigenvalue weighted by molar-refractivity contribution is 5.86. The Hall–Kier alpha value is -2.86. The molecule has 0 unspecified atom stereocenters. The largest absolute Gasteiger partial charge is 0.371 e. The molecular formula is C28H35FN4O. The number of anilines is 1. The zero-order valence-electron chi connectivity index (χ0n) is 20.1. The highest BCUT2D eigenvalue weighted by atomic mass is 19.1. The van der Waals surface area contributed by atoms with Crippen LogP contribution >= 0.6 is 0 Å². The topological polar surface area (TPSA) is 42.6 Å². The van der Waals surface area contributed by atoms with Crippen LogP contribution in [-0.2, 0) is 4.79 Å². The number of piperazine rings is 1. The number of rotatable bonds is 6. The zero-order valence-corrected chi connectivity index (χ0v) is 20.1. The number of nitrogens with one attached hydrogen (secondary N) is 1. The van der Waals surface area contributed by atoms with Gasteiger partial charge in [-0.3, -0.25) is 4.79 Å². The summed E-state index contributed by atoms with van der Waals surface area (Å²) in [7, 11) is 2.12. The fraction of sp³-hybridized carbons (Fsp3) is 0.464. The average molecular weight is 463 g/mol. The summed E-state index contributed by atoms with van der Waals surface area (Å²) in [4.78, 5) is 22.7. The van der Waals surface area contributed by atoms with Gasteiger partial charge >= 0.3 is 0 Å². The van der Waals surface area contributed by atoms with E-state index in [4.69, 9.17) is 0 Å². The van der Waals surface area contributed by atoms with Gasteiger partial charge in [0.25, 0.3) is 0 Å². The summed E-state index contributed by atoms with van der Waals surface area (Å²) in [6.07, 6.45) is 5.21. The van der Waals surface area contributed by atoms with Gasteiger partial charge < -0.3 is 19.7 Å². The Morgan fingerprint density at radius 1 is 1.00 bits per heavy atom. The molecule has 1 N–H and O–H groups in total. The zero-order chi connectivity index (χ0) is 23.5. The minimum absolute atomic E-state index is 0.210. The number of fused-ring (bicyclic) bond motifs is 1. The third-order valence-electron chi connectivity index (χ3n) is 7.58. The molecule has 2 aliphatic heterocycles. The Labute approximate surface area is 201 Å². The van der Waals surface area contributed by atoms with Crippen LogP contribution in [-0.4, -0.2) is 67.0 Å². The van der Waals surface area contributed by atoms with Crippen molar-refractivity contribution in [3.05, 3.63) is 54.3 Å². The summed E-state index contributed by atoms with van der Waals surface area (Å²) < 4.78 is 13.6. The monoisotopic (exact) mass is 462 g/mol. The molecule has 3 aromatic rings. The molecule has 0 radical (unpaired) electrons. The molecule has 0 spiro atoms. The Morgan fingerprint density at radius 3 is 2.59 bits per heavy atom. The Kier molecular flexibility index (Phi) is 6.86. The number of amides is 1. The van der Waals surface area contributed by atoms with Crippen molar-refractivity contribution < 1.29 is 9.18 Å². The Balaban J connectivity index is 1.12. The van der Waals surface area contributed by atoms with Gasteiger partial charge in [0, 0.05) is 68.0 Å². The lowest BCUT2D eigenvalue weighted by atomic mass is 9.91. The highest BCUT2D eigenvalue weighted by Gasteiger charge is 2.22. The molecule has 180 valence electrons. The van der Waals surface area contributed by atoms with E-state index in [0.717, 1.165) is 74.3 Å². The van der Waals surface area contributed by atoms with Crippen LogP contribution in [0.3, 0.4) is 0 Å². The number of halogens is 1. The van der Waals surface area contributed by atoms with Crippen molar-refractivity contribution in [2.45, 2.75) is 32.1 Å². The maximum atomic E-state index is 13.6. The first-order valence-electron chi connectivity index (χ1n) is 12.6. The summed E-state index contributed by atoms with van der Waals surface area (Å²) in [6, 6.07) is 15.5. The predicted molar refractivity (Wildman–Crippen MR) is 137 cm³/mol. The number of nitrogens with zero attached hydrogens (tertiary/aromatic N) is 3. The van der Waals surface area contributed by atoms with Crippen molar-refractivity contribution in [2.75, 3.05) is 51.2 Å². The minimum Gasteiger partial charge on any atom is -0.371 e. The average Bonchev–Trinajstić information content (AvgIpc) is 3.28. The standard InChI is InChI=1S/C28H35FN4O/c1-31-14-16-33(17-15-31)28(34)7-2-4-21-10-12-32(13-11-21)25-6-3-5-22(19-25)27-20-23-18-24(29)8-9-26(23)30-27/h3,5-6,8-9,18-21,30H,2,4,7,10-17H2,1H3. The van der Waals surface area contributed by atoms with Crippen LogP contribution in [0.25, 0.3) is 22.2 Å². The van der Waals surface area contributed by atoms with Gasteiger partial charge in [-0.25, -0.2) is 4.39 Å². The number of aromatic nitrogens is 1. The molecule has 34 heavy (non-hydrogen) atoms. The van der Waals surface area contributed by atoms with Crippen LogP contribution in [0.4, 0.5) is 10.1 Å². The van der Waals surface area contributed by atoms with E-state index in [0.29, 0.717) is 18.2 Å². The van der Waals surface area contributed by atoms with Crippen LogP contribution in [0.5, 0.6) is 0 Å². The molecule has 5 rings (SSSR count). The number of hydrogen-bond donors (Lipinski definition) is 1. The van der Waals surface area contributed by atoms with Crippen LogP contribution in [0, 0.1) is 11.7 Å². The van der Waals surface area contributed by atoms with E-state index >= 15 is 0 Å². The van der Waals surface area contributed by atoms with Crippen molar-refractivity contribution in [3.8, 4) is 11.3 Å². The summed E-state index contributed by atoms with van der Waals surface area (Å²) in [5, 5.41) is 0.896. The molecule has 0 atom stereocenters. The SMILES string of the molecule is CN1CCN(C(=O)CCCC2CCN(c3cccc(-c4cc5cc(F)ccc5[nH]4)c3)CC2)CC1. The number of aromatic amines is 1. The lowest BCUT2D eigenvalue weighted by Crippen LogP contribution is -2.47. The third-order valence-corrected chi connectivity index (χ3v) is 7.58. The number of piperidine rings is 1. The van der Waals surface area contributed by atoms with Crippen LogP contribution < -0.4 is 4.90 Å². The molecule has 3 heterocycles. The molecule has 2 aromatic carbocycles. The van der Waals surface area contributed by atoms with E-state index in [1.165, 1.54) is 24.6 Å². The van der Waals surface area contributed by atoms with Crippen LogP contribution in [0.2, 0.25) is 0 Å². The second kappa shape index (κ2) is 10.2. The fourth-order valence-electron chi connectivity index (χ4n) is 5.36. The lowest BCUT2D eigenvalue weighted by Gasteiger charge is -2.34. The maximum Gasteiger partial charge on any atom is 0.222 e. The van der Waals surface area contributed by atoms with Gasteiger partial charge in [0.15, 0.2) is 0 Å². The van der Waals surface area contributed by atoms with Crippen LogP contribution in [0.15, 0.2) is 48.5 Å². The first-order chi connectivity index (χ1) is 16.5. The number of H-pyrrole nitrogens is 1. The number of hydrogen-bond acceptors (Lipinski definition) is 3. The van der Waals surface area contributed by atoms with Gasteiger partial charge in [-0.2, -0.15) is 0 Å². The van der Waals surface area contributed by atoms with Crippen molar-refractivity contribution in [2.24, 2.45) is 5.92 Å². The number of carbonyl (C=O) groups excluding carboxylic acids is 1. The van der Waals surface area contributed by atoms with Crippen molar-refractivity contribution in [1.82, 2.24) is 14.8 Å². The van der Waals surface area contributed by atoms with Gasteiger partial charge in [-0.15, -0.1) is 0 Å². The third kappa shape index (κ3) is 5.27. The Morgan fingerprint density at radius 2 is 1.79 bits per heavy atom. The van der Waals surface area contributed by atoms with E-state index in [1.807, 2.05) is 11.0 Å². The van der Waals surface area contributed by atoms with Crippen molar-refractivity contribution in [1.29, 1.82) is 0 Å². The smallest absolute Gasteiger partial charge is 0.222 e. The fourth-order valence-corrected chi connectivity index (χ4v) is 5.36. The molecule has 2 saturated heterocycles. The molecule has 0 saturated carbocycles. The molecule has 0 bridgehead atoms. The lowest BCUT2D eigenvalue weighted by molar-refractivity contribution is -0.132. The van der Waals surface area contributed by atoms with E-state index in [2.05, 4.69) is 46.1 Å². The molecule has 5 nitrogen and oxygen atoms in total. The molecule has 1 aromatic heterocycles. The van der Waals surface area contributed by atoms with Gasteiger partial charge in [0.2, 0.25) is 5.91 Å². The first-order valence-corrected chi connectivity index (χ1v) is 12.6. The first kappa shape index (κ1) is 22.9. The number of benzene rings is 2. The molecular weight excluding hydrogens is 427 g/mol. The number of likely N-dealkylation sites (N-methyl/N-ethyl adjacent to an activating group) is 1. The molecule has 1 amide bonds. The van der Waals surface area contributed by atoms with Crippen molar-refractivity contribution in [3.63, 3.8) is 0 Å². The minimum atomic E-state index is -0.210. The van der Waals surface area contributed by atoms with E-state index in [-0.39, 0.29) is 5.82 Å². The Bertz CT molecular complexity index is 1130. The normalized spacial score (nSPS) is 18.1. The van der Waals surface area contributed by atoms with Gasteiger partial charge in [0.05, 0.1) is 0 Å². The van der Waals surface area contributed by atoms with Gasteiger partial charge in [-0.1, -0.05) is 12.1 Å². The second-order valence-electron chi connectivity index (χ2n) is 9.97. The summed E-state index contributed by atoms with van der Waals surface area (Å²) in [6.45, 7) is 5.84. The summed E-state index contributed by atoms with van der Waals surface area (Å²) >= 11 is 0. The van der Waals surface area contributed by atoms with Crippen molar-refractivity contribution >= 4 is 22.5 Å². The summed E-state index contributed by atoms with van der Waals surface area (Å²) in [5.74, 6) is 0.837. The molecule has 2 fully saturated rings. The molecule has 0 aliphatic carbocycles. The van der Waals surface area contributed by atoms with E-state index in [1.54, 1.807) is 12.1 Å². The summed E-state index contributed by atoms with van der Waals surface area (Å²) in [5.41, 5.74) is 4.33. The number of carbonyl (C=O) groups is 1. The molecule has 2 aliphatic rings. The molecule has 6 heteroatoms. The highest BCUT2D eigenvalue weighted by Crippen LogP contribution is 2.31. The predicted octanol–water partition coefficient (Wildman–Crippen LogP) is 5.13. The van der Waals surface area contributed by atoms with Crippen LogP contribution in [0.1, 0.15) is 32.1 Å². The van der Waals surface area contributed by atoms with Gasteiger partial charge in [-0.05, 0) is 80.6 Å². The van der Waals surface area contributed by atoms with Gasteiger partial charge in [0.1, 0.15) is 5.82 Å². The quantitative estimate of drug-likeness (QED) is 0.552. The van der Waals surface area contributed by atoms with E-state index in [9.17, 15) is 9.18 Å². The second-order valence-corrected chi connectivity index (χ2v) is 9.97. The van der Waals surface area contributed by atoms with E-state index < -0.39 is 0 Å².